The molecule has 0 N–H and O–H groups in total. The van der Waals surface area contributed by atoms with Crippen LogP contribution in [0.3, 0.4) is 0 Å². The Morgan fingerprint density at radius 3 is 2.44 bits per heavy atom. The minimum atomic E-state index is -0.572. The number of hydrogen-bond donors (Lipinski definition) is 0. The number of esters is 1. The molecule has 1 aromatic heterocycles. The van der Waals surface area contributed by atoms with Gasteiger partial charge in [0.15, 0.2) is 17.3 Å². The lowest BCUT2D eigenvalue weighted by Gasteiger charge is -2.05. The molecule has 7 heteroatoms. The molecule has 0 saturated carbocycles. The third-order valence-electron chi connectivity index (χ3n) is 3.82. The Balaban J connectivity index is 2.05. The Hall–Kier alpha value is -3.22. The molecule has 3 rings (SSSR count). The van der Waals surface area contributed by atoms with Crippen molar-refractivity contribution in [1.29, 1.82) is 0 Å². The van der Waals surface area contributed by atoms with Crippen molar-refractivity contribution >= 4 is 5.97 Å². The highest BCUT2D eigenvalue weighted by Crippen LogP contribution is 2.32. The smallest absolute Gasteiger partial charge is 0.312 e. The molecule has 140 valence electrons. The number of halogens is 2. The van der Waals surface area contributed by atoms with Crippen LogP contribution in [0.1, 0.15) is 12.6 Å². The highest BCUT2D eigenvalue weighted by Gasteiger charge is 2.20. The number of nitrogens with zero attached hydrogens (tertiary/aromatic N) is 1. The average Bonchev–Trinajstić information content (AvgIpc) is 3.06. The normalized spacial score (nSPS) is 10.7. The van der Waals surface area contributed by atoms with Gasteiger partial charge >= 0.3 is 5.97 Å². The lowest BCUT2D eigenvalue weighted by molar-refractivity contribution is -0.142. The highest BCUT2D eigenvalue weighted by molar-refractivity contribution is 5.76. The molecule has 0 unspecified atom stereocenters. The fourth-order valence-electron chi connectivity index (χ4n) is 2.57. The van der Waals surface area contributed by atoms with Gasteiger partial charge in [0, 0.05) is 11.1 Å². The molecule has 0 fully saturated rings. The van der Waals surface area contributed by atoms with E-state index in [-0.39, 0.29) is 30.4 Å². The molecule has 3 aromatic rings. The van der Waals surface area contributed by atoms with Crippen molar-refractivity contribution < 1.29 is 27.5 Å². The SMILES string of the molecule is CCOC(=O)Cc1nc(-c2ccc(F)cc2)oc1-c1ccc(OC)c(F)c1. The van der Waals surface area contributed by atoms with Gasteiger partial charge in [-0.2, -0.15) is 0 Å². The fourth-order valence-corrected chi connectivity index (χ4v) is 2.57. The number of ether oxygens (including phenoxy) is 2. The Morgan fingerprint density at radius 1 is 1.11 bits per heavy atom. The van der Waals surface area contributed by atoms with Crippen LogP contribution >= 0.6 is 0 Å². The summed E-state index contributed by atoms with van der Waals surface area (Å²) in [6, 6.07) is 9.86. The van der Waals surface area contributed by atoms with Gasteiger partial charge in [-0.15, -0.1) is 0 Å². The molecule has 0 aliphatic heterocycles. The standard InChI is InChI=1S/C20H17F2NO4/c1-3-26-18(24)11-16-19(13-6-9-17(25-2)15(22)10-13)27-20(23-16)12-4-7-14(21)8-5-12/h4-10H,3,11H2,1-2H3. The largest absolute Gasteiger partial charge is 0.494 e. The number of carbonyl (C=O) groups is 1. The van der Waals surface area contributed by atoms with E-state index in [0.29, 0.717) is 16.8 Å². The van der Waals surface area contributed by atoms with E-state index >= 15 is 0 Å². The van der Waals surface area contributed by atoms with Crippen molar-refractivity contribution in [3.63, 3.8) is 0 Å². The molecule has 0 saturated heterocycles. The molecular weight excluding hydrogens is 356 g/mol. The quantitative estimate of drug-likeness (QED) is 0.599. The molecule has 27 heavy (non-hydrogen) atoms. The number of carbonyl (C=O) groups excluding carboxylic acids is 1. The Kier molecular flexibility index (Phi) is 5.49. The van der Waals surface area contributed by atoms with Crippen LogP contribution in [0.4, 0.5) is 8.78 Å². The molecule has 0 atom stereocenters. The van der Waals surface area contributed by atoms with E-state index in [1.807, 2.05) is 0 Å². The topological polar surface area (TPSA) is 61.6 Å². The maximum absolute atomic E-state index is 14.1. The first-order valence-corrected chi connectivity index (χ1v) is 8.27. The van der Waals surface area contributed by atoms with Gasteiger partial charge in [0.05, 0.1) is 25.8 Å². The van der Waals surface area contributed by atoms with Crippen LogP contribution in [0.2, 0.25) is 0 Å². The van der Waals surface area contributed by atoms with Crippen molar-refractivity contribution in [2.24, 2.45) is 0 Å². The summed E-state index contributed by atoms with van der Waals surface area (Å²) in [5.74, 6) is -0.925. The first kappa shape index (κ1) is 18.6. The van der Waals surface area contributed by atoms with E-state index in [2.05, 4.69) is 4.98 Å². The molecule has 0 bridgehead atoms. The lowest BCUT2D eigenvalue weighted by atomic mass is 10.1. The van der Waals surface area contributed by atoms with E-state index in [9.17, 15) is 13.6 Å². The van der Waals surface area contributed by atoms with Crippen molar-refractivity contribution in [2.75, 3.05) is 13.7 Å². The summed E-state index contributed by atoms with van der Waals surface area (Å²) in [7, 11) is 1.37. The van der Waals surface area contributed by atoms with Gasteiger partial charge in [-0.05, 0) is 49.4 Å². The zero-order valence-electron chi connectivity index (χ0n) is 14.8. The predicted octanol–water partition coefficient (Wildman–Crippen LogP) is 4.40. The van der Waals surface area contributed by atoms with Gasteiger partial charge in [-0.3, -0.25) is 4.79 Å². The fraction of sp³-hybridized carbons (Fsp3) is 0.200. The van der Waals surface area contributed by atoms with E-state index in [1.165, 1.54) is 43.5 Å². The van der Waals surface area contributed by atoms with Crippen LogP contribution in [0.5, 0.6) is 5.75 Å². The molecule has 0 aliphatic rings. The first-order valence-electron chi connectivity index (χ1n) is 8.27. The minimum absolute atomic E-state index is 0.0870. The van der Waals surface area contributed by atoms with Crippen LogP contribution < -0.4 is 4.74 Å². The van der Waals surface area contributed by atoms with Crippen LogP contribution in [-0.4, -0.2) is 24.7 Å². The number of benzene rings is 2. The zero-order valence-corrected chi connectivity index (χ0v) is 14.8. The maximum Gasteiger partial charge on any atom is 0.312 e. The summed E-state index contributed by atoms with van der Waals surface area (Å²) < 4.78 is 42.9. The summed E-state index contributed by atoms with van der Waals surface area (Å²) in [6.45, 7) is 1.93. The van der Waals surface area contributed by atoms with Gasteiger partial charge in [0.2, 0.25) is 5.89 Å². The molecule has 0 radical (unpaired) electrons. The number of aromatic nitrogens is 1. The zero-order chi connectivity index (χ0) is 19.4. The van der Waals surface area contributed by atoms with Crippen LogP contribution in [0, 0.1) is 11.6 Å². The third kappa shape index (κ3) is 4.13. The van der Waals surface area contributed by atoms with Gasteiger partial charge in [-0.25, -0.2) is 13.8 Å². The highest BCUT2D eigenvalue weighted by atomic mass is 19.1. The number of rotatable bonds is 6. The van der Waals surface area contributed by atoms with Crippen molar-refractivity contribution in [1.82, 2.24) is 4.98 Å². The summed E-state index contributed by atoms with van der Waals surface area (Å²) >= 11 is 0. The predicted molar refractivity (Wildman–Crippen MR) is 94.2 cm³/mol. The summed E-state index contributed by atoms with van der Waals surface area (Å²) in [5, 5.41) is 0. The van der Waals surface area contributed by atoms with E-state index in [0.717, 1.165) is 0 Å². The molecule has 5 nitrogen and oxygen atoms in total. The maximum atomic E-state index is 14.1. The van der Waals surface area contributed by atoms with E-state index in [1.54, 1.807) is 13.0 Å². The second kappa shape index (κ2) is 7.99. The molecular formula is C20H17F2NO4. The molecule has 2 aromatic carbocycles. The van der Waals surface area contributed by atoms with Gasteiger partial charge < -0.3 is 13.9 Å². The van der Waals surface area contributed by atoms with Crippen molar-refractivity contribution in [2.45, 2.75) is 13.3 Å². The van der Waals surface area contributed by atoms with Crippen LogP contribution in [0.15, 0.2) is 46.9 Å². The van der Waals surface area contributed by atoms with Gasteiger partial charge in [0.25, 0.3) is 0 Å². The number of methoxy groups -OCH3 is 1. The van der Waals surface area contributed by atoms with Crippen molar-refractivity contribution in [3.8, 4) is 28.5 Å². The second-order valence-electron chi connectivity index (χ2n) is 5.63. The van der Waals surface area contributed by atoms with Crippen LogP contribution in [0.25, 0.3) is 22.8 Å². The van der Waals surface area contributed by atoms with Crippen LogP contribution in [-0.2, 0) is 16.0 Å². The molecule has 0 aliphatic carbocycles. The van der Waals surface area contributed by atoms with Crippen molar-refractivity contribution in [3.05, 3.63) is 59.8 Å². The first-order chi connectivity index (χ1) is 13.0. The monoisotopic (exact) mass is 373 g/mol. The summed E-state index contributed by atoms with van der Waals surface area (Å²) in [6.07, 6.45) is -0.137. The average molecular weight is 373 g/mol. The van der Waals surface area contributed by atoms with Gasteiger partial charge in [0.1, 0.15) is 5.82 Å². The lowest BCUT2D eigenvalue weighted by Crippen LogP contribution is -2.08. The summed E-state index contributed by atoms with van der Waals surface area (Å²) in [4.78, 5) is 16.2. The molecule has 0 amide bonds. The minimum Gasteiger partial charge on any atom is -0.494 e. The number of hydrogen-bond acceptors (Lipinski definition) is 5. The Labute approximate surface area is 154 Å². The second-order valence-corrected chi connectivity index (χ2v) is 5.63. The molecule has 1 heterocycles. The number of oxazole rings is 1. The Morgan fingerprint density at radius 2 is 1.81 bits per heavy atom. The Bertz CT molecular complexity index is 951. The molecule has 0 spiro atoms. The van der Waals surface area contributed by atoms with E-state index < -0.39 is 17.6 Å². The summed E-state index contributed by atoms with van der Waals surface area (Å²) in [5.41, 5.74) is 1.23. The van der Waals surface area contributed by atoms with Gasteiger partial charge in [-0.1, -0.05) is 0 Å². The third-order valence-corrected chi connectivity index (χ3v) is 3.82. The van der Waals surface area contributed by atoms with E-state index in [4.69, 9.17) is 13.9 Å².